The van der Waals surface area contributed by atoms with Gasteiger partial charge in [0, 0.05) is 10.8 Å². The van der Waals surface area contributed by atoms with Crippen LogP contribution >= 0.6 is 15.9 Å². The molecule has 6 aromatic carbocycles. The van der Waals surface area contributed by atoms with Gasteiger partial charge < -0.3 is 8.39 Å². The zero-order chi connectivity index (χ0) is 24.6. The van der Waals surface area contributed by atoms with Gasteiger partial charge in [-0.1, -0.05) is 121 Å². The number of fused-ring (bicyclic) bond motifs is 7. The molecule has 0 saturated heterocycles. The minimum absolute atomic E-state index is 0.654. The lowest BCUT2D eigenvalue weighted by atomic mass is 9.99. The molecule has 0 aliphatic rings. The molecule has 1 heterocycles. The van der Waals surface area contributed by atoms with Crippen LogP contribution in [0.4, 0.5) is 0 Å². The number of hydrogen-bond acceptors (Lipinski definition) is 2. The molecule has 178 valence electrons. The van der Waals surface area contributed by atoms with E-state index in [0.29, 0.717) is 0 Å². The normalized spacial score (nSPS) is 11.6. The van der Waals surface area contributed by atoms with Gasteiger partial charge in [0.2, 0.25) is 8.01 Å². The Morgan fingerprint density at radius 3 is 1.38 bits per heavy atom. The van der Waals surface area contributed by atoms with E-state index in [1.54, 1.807) is 0 Å². The van der Waals surface area contributed by atoms with Crippen LogP contribution in [-0.4, -0.2) is 0 Å². The zero-order valence-corrected chi connectivity index (χ0v) is 21.9. The number of hydrogen-bond donors (Lipinski definition) is 0. The first-order valence-corrected chi connectivity index (χ1v) is 15.3. The highest BCUT2D eigenvalue weighted by atomic mass is 31.2. The first kappa shape index (κ1) is 22.4. The molecule has 1 aromatic heterocycles. The maximum Gasteiger partial charge on any atom is 0.221 e. The second-order valence-corrected chi connectivity index (χ2v) is 13.1. The summed E-state index contributed by atoms with van der Waals surface area (Å²) in [6.45, 7) is 0. The predicted octanol–water partition coefficient (Wildman–Crippen LogP) is 9.69. The second-order valence-electron chi connectivity index (χ2n) is 9.08. The minimum atomic E-state index is -1.24. The SMILES string of the molecule is c1ccc(P(Cp2oc3ccc4ccccc4c3c3c(ccc4ccccc43)o2)c2ccccc2)cc1. The maximum atomic E-state index is 6.83. The van der Waals surface area contributed by atoms with E-state index < -0.39 is 15.9 Å². The largest absolute Gasteiger partial charge is 0.419 e. The van der Waals surface area contributed by atoms with Gasteiger partial charge in [-0.2, -0.15) is 0 Å². The van der Waals surface area contributed by atoms with Gasteiger partial charge in [0.25, 0.3) is 0 Å². The third-order valence-electron chi connectivity index (χ3n) is 6.82. The molecule has 0 N–H and O–H groups in total. The van der Waals surface area contributed by atoms with E-state index in [1.807, 2.05) is 0 Å². The van der Waals surface area contributed by atoms with Crippen LogP contribution in [0.25, 0.3) is 43.5 Å². The van der Waals surface area contributed by atoms with Crippen molar-refractivity contribution in [2.24, 2.45) is 0 Å². The predicted molar refractivity (Wildman–Crippen MR) is 160 cm³/mol. The van der Waals surface area contributed by atoms with Crippen LogP contribution in [-0.2, 0) is 5.90 Å². The van der Waals surface area contributed by atoms with Crippen LogP contribution in [0.1, 0.15) is 0 Å². The highest BCUT2D eigenvalue weighted by molar-refractivity contribution is 7.78. The molecular formula is C33H24O2P2. The fourth-order valence-corrected chi connectivity index (χ4v) is 9.94. The summed E-state index contributed by atoms with van der Waals surface area (Å²) < 4.78 is 13.7. The van der Waals surface area contributed by atoms with Crippen molar-refractivity contribution in [3.63, 3.8) is 0 Å². The fraction of sp³-hybridized carbons (Fsp3) is 0.0303. The Morgan fingerprint density at radius 2 is 0.892 bits per heavy atom. The van der Waals surface area contributed by atoms with Gasteiger partial charge in [-0.15, -0.1) is 0 Å². The van der Waals surface area contributed by atoms with Crippen molar-refractivity contribution in [3.8, 4) is 0 Å². The average molecular weight is 515 g/mol. The molecule has 7 aromatic rings. The minimum Gasteiger partial charge on any atom is -0.419 e. The van der Waals surface area contributed by atoms with E-state index in [1.165, 1.54) is 32.2 Å². The molecule has 0 unspecified atom stereocenters. The Morgan fingerprint density at radius 1 is 0.459 bits per heavy atom. The molecule has 0 spiro atoms. The van der Waals surface area contributed by atoms with Crippen molar-refractivity contribution in [2.75, 3.05) is 0 Å². The zero-order valence-electron chi connectivity index (χ0n) is 20.1. The Balaban J connectivity index is 1.54. The van der Waals surface area contributed by atoms with E-state index in [2.05, 4.69) is 133 Å². The Hall–Kier alpha value is -3.83. The van der Waals surface area contributed by atoms with Crippen LogP contribution in [0.3, 0.4) is 0 Å². The van der Waals surface area contributed by atoms with Gasteiger partial charge in [-0.25, -0.2) is 0 Å². The van der Waals surface area contributed by atoms with Crippen molar-refractivity contribution in [2.45, 2.75) is 5.90 Å². The molecule has 0 aliphatic carbocycles. The lowest BCUT2D eigenvalue weighted by Gasteiger charge is -2.17. The summed E-state index contributed by atoms with van der Waals surface area (Å²) in [5.41, 5.74) is 1.80. The molecule has 4 heteroatoms. The van der Waals surface area contributed by atoms with Gasteiger partial charge >= 0.3 is 0 Å². The molecular weight excluding hydrogens is 490 g/mol. The summed E-state index contributed by atoms with van der Waals surface area (Å²) in [6.07, 6.45) is 0. The van der Waals surface area contributed by atoms with Crippen molar-refractivity contribution >= 4 is 70.0 Å². The molecule has 0 atom stereocenters. The Labute approximate surface area is 217 Å². The maximum absolute atomic E-state index is 6.83. The van der Waals surface area contributed by atoms with E-state index >= 15 is 0 Å². The fourth-order valence-electron chi connectivity index (χ4n) is 5.11. The summed E-state index contributed by atoms with van der Waals surface area (Å²) in [7, 11) is -1.89. The molecule has 0 radical (unpaired) electrons. The van der Waals surface area contributed by atoms with Crippen LogP contribution in [0.5, 0.6) is 0 Å². The van der Waals surface area contributed by atoms with E-state index in [4.69, 9.17) is 8.39 Å². The molecule has 0 aliphatic heterocycles. The van der Waals surface area contributed by atoms with Crippen LogP contribution < -0.4 is 10.6 Å². The third-order valence-corrected chi connectivity index (χ3v) is 11.5. The molecule has 0 amide bonds. The molecule has 0 saturated carbocycles. The van der Waals surface area contributed by atoms with Crippen molar-refractivity contribution in [1.82, 2.24) is 0 Å². The standard InChI is InChI=1S/C33H24O2P2/c1-3-13-26(14-4-1)36(27-15-5-2-6-16-27)23-37-34-30-21-19-24-11-7-9-17-28(24)32(30)33-29-18-10-8-12-25(29)20-22-31(33)35-37/h1-22H,23H2. The molecule has 0 bridgehead atoms. The lowest BCUT2D eigenvalue weighted by molar-refractivity contribution is 0.643. The molecule has 7 rings (SSSR count). The first-order valence-electron chi connectivity index (χ1n) is 12.4. The highest BCUT2D eigenvalue weighted by Gasteiger charge is 2.19. The lowest BCUT2D eigenvalue weighted by Crippen LogP contribution is -2.11. The van der Waals surface area contributed by atoms with E-state index in [-0.39, 0.29) is 0 Å². The third kappa shape index (κ3) is 4.13. The monoisotopic (exact) mass is 514 g/mol. The van der Waals surface area contributed by atoms with Crippen molar-refractivity contribution in [3.05, 3.63) is 133 Å². The van der Waals surface area contributed by atoms with Crippen LogP contribution in [0.15, 0.2) is 142 Å². The van der Waals surface area contributed by atoms with E-state index in [0.717, 1.165) is 27.8 Å². The van der Waals surface area contributed by atoms with Gasteiger partial charge in [0.15, 0.2) is 0 Å². The quantitative estimate of drug-likeness (QED) is 0.219. The molecule has 0 fully saturated rings. The van der Waals surface area contributed by atoms with Crippen LogP contribution in [0.2, 0.25) is 0 Å². The topological polar surface area (TPSA) is 26.3 Å². The van der Waals surface area contributed by atoms with E-state index in [9.17, 15) is 0 Å². The second kappa shape index (κ2) is 9.56. The summed E-state index contributed by atoms with van der Waals surface area (Å²) >= 11 is 0. The molecule has 37 heavy (non-hydrogen) atoms. The molecule has 2 nitrogen and oxygen atoms in total. The van der Waals surface area contributed by atoms with Gasteiger partial charge in [0.1, 0.15) is 11.2 Å². The Bertz CT molecular complexity index is 1770. The van der Waals surface area contributed by atoms with Gasteiger partial charge in [-0.05, 0) is 52.2 Å². The average Bonchev–Trinajstić information content (AvgIpc) is 3.13. The van der Waals surface area contributed by atoms with Gasteiger partial charge in [-0.3, -0.25) is 0 Å². The van der Waals surface area contributed by atoms with Gasteiger partial charge in [0.05, 0.1) is 5.90 Å². The summed E-state index contributed by atoms with van der Waals surface area (Å²) in [5.74, 6) is 0.817. The number of benzene rings is 6. The van der Waals surface area contributed by atoms with Crippen molar-refractivity contribution < 1.29 is 8.39 Å². The Kier molecular flexibility index (Phi) is 5.78. The summed E-state index contributed by atoms with van der Waals surface area (Å²) in [5, 5.41) is 9.69. The summed E-state index contributed by atoms with van der Waals surface area (Å²) in [6, 6.07) is 47.3. The first-order chi connectivity index (χ1) is 18.3. The van der Waals surface area contributed by atoms with Crippen LogP contribution in [0, 0.1) is 0 Å². The highest BCUT2D eigenvalue weighted by Crippen LogP contribution is 2.50. The smallest absolute Gasteiger partial charge is 0.221 e. The summed E-state index contributed by atoms with van der Waals surface area (Å²) in [4.78, 5) is 0. The number of rotatable bonds is 4. The van der Waals surface area contributed by atoms with Crippen molar-refractivity contribution in [1.29, 1.82) is 0 Å².